The highest BCUT2D eigenvalue weighted by atomic mass is 16.2. The third-order valence-corrected chi connectivity index (χ3v) is 7.79. The number of para-hydroxylation sites is 1. The molecule has 2 unspecified atom stereocenters. The van der Waals surface area contributed by atoms with E-state index in [0.29, 0.717) is 17.9 Å². The fourth-order valence-corrected chi connectivity index (χ4v) is 6.23. The van der Waals surface area contributed by atoms with E-state index < -0.39 is 0 Å². The van der Waals surface area contributed by atoms with Crippen molar-refractivity contribution in [3.05, 3.63) is 29.8 Å². The van der Waals surface area contributed by atoms with Crippen LogP contribution in [0.1, 0.15) is 69.3 Å². The van der Waals surface area contributed by atoms with Crippen molar-refractivity contribution in [2.24, 2.45) is 5.92 Å². The first-order chi connectivity index (χ1) is 13.8. The molecule has 0 radical (unpaired) electrons. The first kappa shape index (κ1) is 18.6. The van der Waals surface area contributed by atoms with Gasteiger partial charge in [-0.25, -0.2) is 0 Å². The van der Waals surface area contributed by atoms with Crippen LogP contribution in [0.4, 0.5) is 5.69 Å². The lowest BCUT2D eigenvalue weighted by Gasteiger charge is -2.41. The molecule has 4 heteroatoms. The summed E-state index contributed by atoms with van der Waals surface area (Å²) in [5.74, 6) is 1.11. The molecule has 2 atom stereocenters. The van der Waals surface area contributed by atoms with Crippen LogP contribution < -0.4 is 10.2 Å². The van der Waals surface area contributed by atoms with Gasteiger partial charge >= 0.3 is 0 Å². The molecule has 5 rings (SSSR count). The average Bonchev–Trinajstić information content (AvgIpc) is 3.36. The third kappa shape index (κ3) is 3.50. The molecule has 4 nitrogen and oxygen atoms in total. The number of nitrogens with zero attached hydrogens (tertiary/aromatic N) is 2. The fourth-order valence-electron chi connectivity index (χ4n) is 6.23. The number of carbonyl (C=O) groups excluding carboxylic acids is 1. The number of fused-ring (bicyclic) bond motifs is 1. The van der Waals surface area contributed by atoms with Gasteiger partial charge in [-0.05, 0) is 69.2 Å². The Labute approximate surface area is 169 Å². The van der Waals surface area contributed by atoms with Crippen LogP contribution in [0.3, 0.4) is 0 Å². The Balaban J connectivity index is 1.29. The molecule has 1 saturated carbocycles. The van der Waals surface area contributed by atoms with Crippen molar-refractivity contribution in [1.29, 1.82) is 0 Å². The van der Waals surface area contributed by atoms with Crippen LogP contribution in [0, 0.1) is 5.92 Å². The first-order valence-electron chi connectivity index (χ1n) is 11.7. The van der Waals surface area contributed by atoms with E-state index >= 15 is 0 Å². The summed E-state index contributed by atoms with van der Waals surface area (Å²) in [4.78, 5) is 18.5. The van der Waals surface area contributed by atoms with Crippen molar-refractivity contribution < 1.29 is 4.79 Å². The van der Waals surface area contributed by atoms with Gasteiger partial charge in [0.25, 0.3) is 0 Å². The van der Waals surface area contributed by atoms with Gasteiger partial charge in [-0.1, -0.05) is 37.5 Å². The van der Waals surface area contributed by atoms with Gasteiger partial charge in [-0.15, -0.1) is 0 Å². The van der Waals surface area contributed by atoms with Crippen molar-refractivity contribution in [2.75, 3.05) is 31.1 Å². The number of rotatable bonds is 4. The molecule has 1 aromatic rings. The van der Waals surface area contributed by atoms with E-state index in [9.17, 15) is 4.79 Å². The molecule has 0 aromatic heterocycles. The molecule has 2 saturated heterocycles. The molecule has 0 bridgehead atoms. The van der Waals surface area contributed by atoms with Crippen LogP contribution in [0.5, 0.6) is 0 Å². The van der Waals surface area contributed by atoms with Crippen molar-refractivity contribution in [3.63, 3.8) is 0 Å². The standard InChI is InChI=1S/C24H35N3O/c28-24-22(16-18-10-13-25-17-18)21-8-4-5-9-23(21)27(24)20-11-14-26(15-12-20)19-6-2-1-3-7-19/h4-5,8-9,18-20,22,25H,1-3,6-7,10-17H2. The third-order valence-electron chi connectivity index (χ3n) is 7.79. The van der Waals surface area contributed by atoms with Crippen LogP contribution >= 0.6 is 0 Å². The maximum atomic E-state index is 13.5. The summed E-state index contributed by atoms with van der Waals surface area (Å²) in [7, 11) is 0. The van der Waals surface area contributed by atoms with Gasteiger partial charge in [0.2, 0.25) is 5.91 Å². The summed E-state index contributed by atoms with van der Waals surface area (Å²) in [6.45, 7) is 4.51. The second-order valence-corrected chi connectivity index (χ2v) is 9.47. The molecule has 152 valence electrons. The molecular formula is C24H35N3O. The molecule has 0 spiro atoms. The Bertz CT molecular complexity index is 685. The number of anilines is 1. The van der Waals surface area contributed by atoms with E-state index in [0.717, 1.165) is 38.4 Å². The predicted molar refractivity (Wildman–Crippen MR) is 114 cm³/mol. The van der Waals surface area contributed by atoms with E-state index in [-0.39, 0.29) is 5.92 Å². The van der Waals surface area contributed by atoms with Gasteiger partial charge in [0, 0.05) is 30.9 Å². The van der Waals surface area contributed by atoms with Crippen LogP contribution in [0.25, 0.3) is 0 Å². The van der Waals surface area contributed by atoms with Crippen LogP contribution in [-0.2, 0) is 4.79 Å². The zero-order valence-electron chi connectivity index (χ0n) is 17.1. The quantitative estimate of drug-likeness (QED) is 0.859. The molecule has 1 N–H and O–H groups in total. The highest BCUT2D eigenvalue weighted by Crippen LogP contribution is 2.43. The largest absolute Gasteiger partial charge is 0.316 e. The minimum Gasteiger partial charge on any atom is -0.316 e. The Morgan fingerprint density at radius 1 is 0.929 bits per heavy atom. The topological polar surface area (TPSA) is 35.6 Å². The Hall–Kier alpha value is -1.39. The second-order valence-electron chi connectivity index (χ2n) is 9.47. The summed E-state index contributed by atoms with van der Waals surface area (Å²) in [5.41, 5.74) is 2.49. The molecular weight excluding hydrogens is 346 g/mol. The molecule has 1 aromatic carbocycles. The lowest BCUT2D eigenvalue weighted by atomic mass is 9.89. The van der Waals surface area contributed by atoms with Crippen LogP contribution in [-0.4, -0.2) is 49.1 Å². The lowest BCUT2D eigenvalue weighted by molar-refractivity contribution is -0.120. The number of piperidine rings is 1. The molecule has 3 fully saturated rings. The van der Waals surface area contributed by atoms with E-state index in [2.05, 4.69) is 39.4 Å². The minimum atomic E-state index is 0.0810. The Morgan fingerprint density at radius 3 is 2.46 bits per heavy atom. The van der Waals surface area contributed by atoms with Crippen molar-refractivity contribution in [1.82, 2.24) is 10.2 Å². The molecule has 3 aliphatic heterocycles. The Kier molecular flexibility index (Phi) is 5.43. The summed E-state index contributed by atoms with van der Waals surface area (Å²) in [6, 6.07) is 9.81. The van der Waals surface area contributed by atoms with Gasteiger partial charge in [0.1, 0.15) is 0 Å². The Morgan fingerprint density at radius 2 is 1.71 bits per heavy atom. The number of benzene rings is 1. The number of hydrogen-bond donors (Lipinski definition) is 1. The number of likely N-dealkylation sites (tertiary alicyclic amines) is 1. The molecule has 1 aliphatic carbocycles. The molecule has 4 aliphatic rings. The zero-order valence-corrected chi connectivity index (χ0v) is 17.1. The lowest BCUT2D eigenvalue weighted by Crippen LogP contribution is -2.49. The van der Waals surface area contributed by atoms with E-state index in [4.69, 9.17) is 0 Å². The highest BCUT2D eigenvalue weighted by Gasteiger charge is 2.42. The monoisotopic (exact) mass is 381 g/mol. The number of amides is 1. The summed E-state index contributed by atoms with van der Waals surface area (Å²) in [5, 5.41) is 3.47. The van der Waals surface area contributed by atoms with Gasteiger partial charge in [0.15, 0.2) is 0 Å². The summed E-state index contributed by atoms with van der Waals surface area (Å²) >= 11 is 0. The summed E-state index contributed by atoms with van der Waals surface area (Å²) < 4.78 is 0. The fraction of sp³-hybridized carbons (Fsp3) is 0.708. The average molecular weight is 382 g/mol. The SMILES string of the molecule is O=C1C(CC2CCNC2)c2ccccc2N1C1CCN(C2CCCCC2)CC1. The smallest absolute Gasteiger partial charge is 0.234 e. The van der Waals surface area contributed by atoms with Crippen LogP contribution in [0.2, 0.25) is 0 Å². The normalized spacial score (nSPS) is 30.1. The minimum absolute atomic E-state index is 0.0810. The second kappa shape index (κ2) is 8.16. The molecule has 3 heterocycles. The number of carbonyl (C=O) groups is 1. The van der Waals surface area contributed by atoms with E-state index in [1.165, 1.54) is 62.9 Å². The van der Waals surface area contributed by atoms with Gasteiger partial charge in [0.05, 0.1) is 5.92 Å². The van der Waals surface area contributed by atoms with E-state index in [1.807, 2.05) is 0 Å². The van der Waals surface area contributed by atoms with Gasteiger partial charge in [-0.3, -0.25) is 4.79 Å². The van der Waals surface area contributed by atoms with Crippen LogP contribution in [0.15, 0.2) is 24.3 Å². The van der Waals surface area contributed by atoms with Crippen molar-refractivity contribution in [2.45, 2.75) is 75.8 Å². The van der Waals surface area contributed by atoms with Crippen molar-refractivity contribution in [3.8, 4) is 0 Å². The molecule has 1 amide bonds. The molecule has 28 heavy (non-hydrogen) atoms. The van der Waals surface area contributed by atoms with Gasteiger partial charge < -0.3 is 15.1 Å². The summed E-state index contributed by atoms with van der Waals surface area (Å²) in [6.07, 6.45) is 11.5. The van der Waals surface area contributed by atoms with E-state index in [1.54, 1.807) is 0 Å². The first-order valence-corrected chi connectivity index (χ1v) is 11.7. The maximum Gasteiger partial charge on any atom is 0.234 e. The zero-order chi connectivity index (χ0) is 18.9. The predicted octanol–water partition coefficient (Wildman–Crippen LogP) is 3.91. The number of nitrogens with one attached hydrogen (secondary N) is 1. The van der Waals surface area contributed by atoms with Crippen molar-refractivity contribution >= 4 is 11.6 Å². The number of hydrogen-bond acceptors (Lipinski definition) is 3. The maximum absolute atomic E-state index is 13.5. The van der Waals surface area contributed by atoms with Gasteiger partial charge in [-0.2, -0.15) is 0 Å². The highest BCUT2D eigenvalue weighted by molar-refractivity contribution is 6.05.